The first-order chi connectivity index (χ1) is 11.9. The van der Waals surface area contributed by atoms with E-state index < -0.39 is 29.1 Å². The highest BCUT2D eigenvalue weighted by Crippen LogP contribution is 2.22. The van der Waals surface area contributed by atoms with E-state index in [-0.39, 0.29) is 11.3 Å². The summed E-state index contributed by atoms with van der Waals surface area (Å²) >= 11 is 0. The van der Waals surface area contributed by atoms with Crippen molar-refractivity contribution < 1.29 is 19.2 Å². The molecule has 0 fully saturated rings. The Morgan fingerprint density at radius 2 is 1.96 bits per heavy atom. The van der Waals surface area contributed by atoms with E-state index in [1.165, 1.54) is 12.1 Å². The predicted molar refractivity (Wildman–Crippen MR) is 90.8 cm³/mol. The number of nitrogens with one attached hydrogen (secondary N) is 1. The second kappa shape index (κ2) is 7.91. The topological polar surface area (TPSA) is 125 Å². The Morgan fingerprint density at radius 1 is 1.24 bits per heavy atom. The number of carbonyl (C=O) groups excluding carboxylic acids is 2. The Morgan fingerprint density at radius 3 is 2.64 bits per heavy atom. The van der Waals surface area contributed by atoms with Gasteiger partial charge in [0.2, 0.25) is 0 Å². The van der Waals surface area contributed by atoms with Gasteiger partial charge in [0, 0.05) is 12.6 Å². The van der Waals surface area contributed by atoms with Crippen LogP contribution in [0.15, 0.2) is 42.5 Å². The zero-order valence-corrected chi connectivity index (χ0v) is 13.5. The predicted octanol–water partition coefficient (Wildman–Crippen LogP) is 1.96. The molecule has 0 aliphatic rings. The number of anilines is 1. The Bertz CT molecular complexity index is 820. The van der Waals surface area contributed by atoms with Crippen LogP contribution < -0.4 is 11.1 Å². The SMILES string of the molecule is Cc1ccccc1CNC(=O)COC(=O)c1ccc(N)c([N+](=O)[O-])c1. The molecule has 0 saturated heterocycles. The van der Waals surface area contributed by atoms with Crippen molar-refractivity contribution in [2.45, 2.75) is 13.5 Å². The van der Waals surface area contributed by atoms with Gasteiger partial charge < -0.3 is 15.8 Å². The van der Waals surface area contributed by atoms with Crippen molar-refractivity contribution in [2.24, 2.45) is 0 Å². The summed E-state index contributed by atoms with van der Waals surface area (Å²) in [6.07, 6.45) is 0. The zero-order valence-electron chi connectivity index (χ0n) is 13.5. The number of nitrogen functional groups attached to an aromatic ring is 1. The lowest BCUT2D eigenvalue weighted by Crippen LogP contribution is -2.28. The summed E-state index contributed by atoms with van der Waals surface area (Å²) in [5.74, 6) is -1.31. The maximum Gasteiger partial charge on any atom is 0.338 e. The molecule has 130 valence electrons. The highest BCUT2D eigenvalue weighted by molar-refractivity contribution is 5.92. The molecular formula is C17H17N3O5. The van der Waals surface area contributed by atoms with E-state index in [2.05, 4.69) is 5.32 Å². The Labute approximate surface area is 143 Å². The summed E-state index contributed by atoms with van der Waals surface area (Å²) in [4.78, 5) is 33.8. The summed E-state index contributed by atoms with van der Waals surface area (Å²) in [6.45, 7) is 1.76. The van der Waals surface area contributed by atoms with Crippen LogP contribution in [0.3, 0.4) is 0 Å². The van der Waals surface area contributed by atoms with E-state index in [1.807, 2.05) is 31.2 Å². The van der Waals surface area contributed by atoms with Crippen LogP contribution in [-0.2, 0) is 16.1 Å². The summed E-state index contributed by atoms with van der Waals surface area (Å²) in [5.41, 5.74) is 6.96. The van der Waals surface area contributed by atoms with Gasteiger partial charge in [-0.25, -0.2) is 4.79 Å². The third kappa shape index (κ3) is 4.77. The number of esters is 1. The van der Waals surface area contributed by atoms with Crippen LogP contribution in [-0.4, -0.2) is 23.4 Å². The molecule has 1 amide bonds. The minimum atomic E-state index is -0.839. The molecule has 8 heteroatoms. The number of amides is 1. The molecule has 0 spiro atoms. The Balaban J connectivity index is 1.89. The normalized spacial score (nSPS) is 10.1. The number of nitrogens with two attached hydrogens (primary N) is 1. The molecule has 0 unspecified atom stereocenters. The average molecular weight is 343 g/mol. The molecule has 0 aliphatic carbocycles. The smallest absolute Gasteiger partial charge is 0.338 e. The monoisotopic (exact) mass is 343 g/mol. The minimum absolute atomic E-state index is 0.0485. The number of nitrogens with zero attached hydrogens (tertiary/aromatic N) is 1. The summed E-state index contributed by atoms with van der Waals surface area (Å²) < 4.78 is 4.87. The van der Waals surface area contributed by atoms with Crippen molar-refractivity contribution in [3.63, 3.8) is 0 Å². The van der Waals surface area contributed by atoms with Gasteiger partial charge in [-0.2, -0.15) is 0 Å². The van der Waals surface area contributed by atoms with Crippen molar-refractivity contribution in [3.05, 3.63) is 69.3 Å². The number of hydrogen-bond acceptors (Lipinski definition) is 6. The third-order valence-corrected chi connectivity index (χ3v) is 3.53. The molecule has 0 heterocycles. The average Bonchev–Trinajstić information content (AvgIpc) is 2.59. The van der Waals surface area contributed by atoms with Crippen LogP contribution in [0.25, 0.3) is 0 Å². The summed E-state index contributed by atoms with van der Waals surface area (Å²) in [7, 11) is 0. The van der Waals surface area contributed by atoms with Gasteiger partial charge in [0.05, 0.1) is 10.5 Å². The number of rotatable bonds is 6. The Kier molecular flexibility index (Phi) is 5.67. The molecule has 8 nitrogen and oxygen atoms in total. The molecule has 0 atom stereocenters. The summed E-state index contributed by atoms with van der Waals surface area (Å²) in [5, 5.41) is 13.5. The van der Waals surface area contributed by atoms with Crippen molar-refractivity contribution >= 4 is 23.3 Å². The van der Waals surface area contributed by atoms with Crippen LogP contribution >= 0.6 is 0 Å². The fourth-order valence-corrected chi connectivity index (χ4v) is 2.10. The lowest BCUT2D eigenvalue weighted by atomic mass is 10.1. The second-order valence-corrected chi connectivity index (χ2v) is 5.31. The number of nitro benzene ring substituents is 1. The van der Waals surface area contributed by atoms with Crippen LogP contribution in [0.4, 0.5) is 11.4 Å². The lowest BCUT2D eigenvalue weighted by molar-refractivity contribution is -0.383. The largest absolute Gasteiger partial charge is 0.452 e. The van der Waals surface area contributed by atoms with Gasteiger partial charge >= 0.3 is 5.97 Å². The van der Waals surface area contributed by atoms with Gasteiger partial charge in [0.25, 0.3) is 11.6 Å². The van der Waals surface area contributed by atoms with Gasteiger partial charge in [-0.15, -0.1) is 0 Å². The van der Waals surface area contributed by atoms with Gasteiger partial charge in [0.15, 0.2) is 6.61 Å². The molecule has 2 rings (SSSR count). The van der Waals surface area contributed by atoms with E-state index >= 15 is 0 Å². The van der Waals surface area contributed by atoms with Crippen LogP contribution in [0, 0.1) is 17.0 Å². The van der Waals surface area contributed by atoms with Crippen LogP contribution in [0.5, 0.6) is 0 Å². The first-order valence-electron chi connectivity index (χ1n) is 7.40. The second-order valence-electron chi connectivity index (χ2n) is 5.31. The van der Waals surface area contributed by atoms with E-state index in [9.17, 15) is 19.7 Å². The zero-order chi connectivity index (χ0) is 18.4. The fraction of sp³-hybridized carbons (Fsp3) is 0.176. The number of benzene rings is 2. The molecule has 2 aromatic rings. The Hall–Kier alpha value is -3.42. The maximum atomic E-state index is 11.9. The molecular weight excluding hydrogens is 326 g/mol. The molecule has 25 heavy (non-hydrogen) atoms. The van der Waals surface area contributed by atoms with Gasteiger partial charge in [0.1, 0.15) is 5.69 Å². The number of nitro groups is 1. The minimum Gasteiger partial charge on any atom is -0.452 e. The third-order valence-electron chi connectivity index (χ3n) is 3.53. The van der Waals surface area contributed by atoms with Gasteiger partial charge in [-0.3, -0.25) is 14.9 Å². The van der Waals surface area contributed by atoms with E-state index in [4.69, 9.17) is 10.5 Å². The molecule has 2 aromatic carbocycles. The molecule has 3 N–H and O–H groups in total. The molecule has 0 saturated carbocycles. The number of carbonyl (C=O) groups is 2. The van der Waals surface area contributed by atoms with Crippen LogP contribution in [0.1, 0.15) is 21.5 Å². The number of ether oxygens (including phenoxy) is 1. The van der Waals surface area contributed by atoms with Crippen molar-refractivity contribution in [1.82, 2.24) is 5.32 Å². The van der Waals surface area contributed by atoms with Crippen molar-refractivity contribution in [2.75, 3.05) is 12.3 Å². The molecule has 0 bridgehead atoms. The van der Waals surface area contributed by atoms with Crippen molar-refractivity contribution in [1.29, 1.82) is 0 Å². The molecule has 0 aliphatic heterocycles. The van der Waals surface area contributed by atoms with Crippen LogP contribution in [0.2, 0.25) is 0 Å². The molecule has 0 radical (unpaired) electrons. The van der Waals surface area contributed by atoms with E-state index in [0.29, 0.717) is 6.54 Å². The highest BCUT2D eigenvalue weighted by atomic mass is 16.6. The standard InChI is InChI=1S/C17H17N3O5/c1-11-4-2-3-5-13(11)9-19-16(21)10-25-17(22)12-6-7-14(18)15(8-12)20(23)24/h2-8H,9-10,18H2,1H3,(H,19,21). The number of hydrogen-bond donors (Lipinski definition) is 2. The quantitative estimate of drug-likeness (QED) is 0.357. The van der Waals surface area contributed by atoms with Crippen molar-refractivity contribution in [3.8, 4) is 0 Å². The fourth-order valence-electron chi connectivity index (χ4n) is 2.10. The van der Waals surface area contributed by atoms with E-state index in [0.717, 1.165) is 17.2 Å². The van der Waals surface area contributed by atoms with Gasteiger partial charge in [-0.1, -0.05) is 24.3 Å². The maximum absolute atomic E-state index is 11.9. The highest BCUT2D eigenvalue weighted by Gasteiger charge is 2.17. The van der Waals surface area contributed by atoms with E-state index in [1.54, 1.807) is 0 Å². The first-order valence-corrected chi connectivity index (χ1v) is 7.40. The first kappa shape index (κ1) is 17.9. The molecule has 0 aromatic heterocycles. The number of aryl methyl sites for hydroxylation is 1. The summed E-state index contributed by atoms with van der Waals surface area (Å²) in [6, 6.07) is 11.1. The van der Waals surface area contributed by atoms with Gasteiger partial charge in [-0.05, 0) is 30.2 Å². The lowest BCUT2D eigenvalue weighted by Gasteiger charge is -2.08.